The van der Waals surface area contributed by atoms with E-state index in [1.54, 1.807) is 6.07 Å². The minimum absolute atomic E-state index is 0.264. The van der Waals surface area contributed by atoms with Crippen molar-refractivity contribution in [2.24, 2.45) is 0 Å². The summed E-state index contributed by atoms with van der Waals surface area (Å²) in [7, 11) is 0. The molecule has 0 spiro atoms. The van der Waals surface area contributed by atoms with Gasteiger partial charge in [0.2, 0.25) is 5.91 Å². The van der Waals surface area contributed by atoms with E-state index in [-0.39, 0.29) is 5.91 Å². The quantitative estimate of drug-likeness (QED) is 0.368. The summed E-state index contributed by atoms with van der Waals surface area (Å²) < 4.78 is 41.0. The van der Waals surface area contributed by atoms with E-state index in [1.807, 2.05) is 54.7 Å². The Bertz CT molecular complexity index is 1250. The largest absolute Gasteiger partial charge is 0.416 e. The van der Waals surface area contributed by atoms with Crippen LogP contribution in [0.25, 0.3) is 22.0 Å². The van der Waals surface area contributed by atoms with Crippen LogP contribution in [0.3, 0.4) is 0 Å². The average molecular weight is 420 g/mol. The van der Waals surface area contributed by atoms with Crippen LogP contribution in [-0.2, 0) is 17.5 Å². The van der Waals surface area contributed by atoms with E-state index in [0.29, 0.717) is 17.8 Å². The fourth-order valence-electron chi connectivity index (χ4n) is 3.48. The van der Waals surface area contributed by atoms with Crippen molar-refractivity contribution in [1.29, 1.82) is 0 Å². The summed E-state index contributed by atoms with van der Waals surface area (Å²) in [6.45, 7) is 4.06. The lowest BCUT2D eigenvalue weighted by atomic mass is 10.0. The van der Waals surface area contributed by atoms with Crippen molar-refractivity contribution in [3.05, 3.63) is 103 Å². The second-order valence-corrected chi connectivity index (χ2v) is 7.19. The number of hydrogen-bond acceptors (Lipinski definition) is 1. The van der Waals surface area contributed by atoms with E-state index in [2.05, 4.69) is 16.5 Å². The van der Waals surface area contributed by atoms with Gasteiger partial charge in [-0.1, -0.05) is 43.0 Å². The lowest BCUT2D eigenvalue weighted by Crippen LogP contribution is -2.07. The van der Waals surface area contributed by atoms with E-state index in [9.17, 15) is 18.0 Å². The maximum atomic E-state index is 13.0. The molecular formula is C25H19F3N2O. The highest BCUT2D eigenvalue weighted by atomic mass is 19.4. The summed E-state index contributed by atoms with van der Waals surface area (Å²) in [4.78, 5) is 11.5. The number of anilines is 1. The van der Waals surface area contributed by atoms with Crippen molar-refractivity contribution in [3.8, 4) is 11.1 Å². The van der Waals surface area contributed by atoms with Crippen LogP contribution in [0, 0.1) is 0 Å². The molecule has 0 aliphatic heterocycles. The van der Waals surface area contributed by atoms with Crippen LogP contribution in [0.5, 0.6) is 0 Å². The Morgan fingerprint density at radius 3 is 2.45 bits per heavy atom. The number of rotatable bonds is 5. The van der Waals surface area contributed by atoms with Crippen LogP contribution >= 0.6 is 0 Å². The van der Waals surface area contributed by atoms with E-state index < -0.39 is 11.7 Å². The third-order valence-electron chi connectivity index (χ3n) is 5.05. The molecule has 3 aromatic carbocycles. The smallest absolute Gasteiger partial charge is 0.343 e. The first-order valence-corrected chi connectivity index (χ1v) is 9.62. The maximum Gasteiger partial charge on any atom is 0.416 e. The molecule has 0 aliphatic rings. The third-order valence-corrected chi connectivity index (χ3v) is 5.05. The Kier molecular flexibility index (Phi) is 5.38. The minimum Gasteiger partial charge on any atom is -0.343 e. The first-order valence-electron chi connectivity index (χ1n) is 9.62. The Labute approximate surface area is 177 Å². The lowest BCUT2D eigenvalue weighted by molar-refractivity contribution is -0.137. The molecule has 4 aromatic rings. The summed E-state index contributed by atoms with van der Waals surface area (Å²) in [6.07, 6.45) is -1.18. The topological polar surface area (TPSA) is 34.0 Å². The minimum atomic E-state index is -4.36. The highest BCUT2D eigenvalue weighted by Gasteiger charge is 2.30. The number of hydrogen-bond donors (Lipinski definition) is 1. The van der Waals surface area contributed by atoms with Crippen molar-refractivity contribution < 1.29 is 18.0 Å². The van der Waals surface area contributed by atoms with Gasteiger partial charge in [-0.3, -0.25) is 4.79 Å². The zero-order valence-electron chi connectivity index (χ0n) is 16.5. The first-order chi connectivity index (χ1) is 14.8. The fourth-order valence-corrected chi connectivity index (χ4v) is 3.48. The molecule has 31 heavy (non-hydrogen) atoms. The van der Waals surface area contributed by atoms with Gasteiger partial charge < -0.3 is 9.88 Å². The molecule has 0 saturated carbocycles. The molecule has 1 N–H and O–H groups in total. The van der Waals surface area contributed by atoms with Gasteiger partial charge in [0.05, 0.1) is 5.56 Å². The summed E-state index contributed by atoms with van der Waals surface area (Å²) in [5, 5.41) is 3.73. The molecule has 1 aromatic heterocycles. The van der Waals surface area contributed by atoms with Crippen LogP contribution in [0.1, 0.15) is 11.1 Å². The number of alkyl halides is 3. The molecule has 6 heteroatoms. The SMILES string of the molecule is C=CC(=O)Nc1ccc2c(ccn2Cc2ccc(-c3cccc(C(F)(F)F)c3)cc2)c1. The number of fused-ring (bicyclic) bond motifs is 1. The van der Waals surface area contributed by atoms with E-state index in [0.717, 1.165) is 34.2 Å². The van der Waals surface area contributed by atoms with Gasteiger partial charge in [-0.25, -0.2) is 0 Å². The number of aromatic nitrogens is 1. The highest BCUT2D eigenvalue weighted by Crippen LogP contribution is 2.32. The van der Waals surface area contributed by atoms with E-state index in [1.165, 1.54) is 12.1 Å². The highest BCUT2D eigenvalue weighted by molar-refractivity contribution is 6.00. The second kappa shape index (κ2) is 8.14. The zero-order chi connectivity index (χ0) is 22.0. The van der Waals surface area contributed by atoms with Gasteiger partial charge >= 0.3 is 6.18 Å². The molecule has 0 unspecified atom stereocenters. The Morgan fingerprint density at radius 2 is 1.74 bits per heavy atom. The normalized spacial score (nSPS) is 11.5. The van der Waals surface area contributed by atoms with Gasteiger partial charge in [-0.2, -0.15) is 13.2 Å². The van der Waals surface area contributed by atoms with Crippen LogP contribution in [0.4, 0.5) is 18.9 Å². The van der Waals surface area contributed by atoms with Crippen LogP contribution < -0.4 is 5.32 Å². The van der Waals surface area contributed by atoms with Gasteiger partial charge in [0, 0.05) is 29.3 Å². The van der Waals surface area contributed by atoms with Gasteiger partial charge in [-0.15, -0.1) is 0 Å². The molecule has 0 fully saturated rings. The summed E-state index contributed by atoms with van der Waals surface area (Å²) >= 11 is 0. The second-order valence-electron chi connectivity index (χ2n) is 7.19. The Balaban J connectivity index is 1.54. The molecule has 3 nitrogen and oxygen atoms in total. The van der Waals surface area contributed by atoms with Crippen molar-refractivity contribution >= 4 is 22.5 Å². The van der Waals surface area contributed by atoms with Crippen LogP contribution in [0.2, 0.25) is 0 Å². The molecule has 0 bridgehead atoms. The standard InChI is InChI=1S/C25H19F3N2O/c1-2-24(31)29-22-10-11-23-20(15-22)12-13-30(23)16-17-6-8-18(9-7-17)19-4-3-5-21(14-19)25(26,27)28/h2-15H,1,16H2,(H,29,31). The summed E-state index contributed by atoms with van der Waals surface area (Å²) in [5.74, 6) is -0.264. The first kappa shape index (κ1) is 20.5. The molecule has 156 valence electrons. The van der Waals surface area contributed by atoms with Crippen LogP contribution in [-0.4, -0.2) is 10.5 Å². The molecule has 4 rings (SSSR count). The van der Waals surface area contributed by atoms with Crippen molar-refractivity contribution in [2.75, 3.05) is 5.32 Å². The summed E-state index contributed by atoms with van der Waals surface area (Å²) in [5.41, 5.74) is 3.34. The number of benzene rings is 3. The fraction of sp³-hybridized carbons (Fsp3) is 0.0800. The van der Waals surface area contributed by atoms with Crippen molar-refractivity contribution in [3.63, 3.8) is 0 Å². The van der Waals surface area contributed by atoms with Gasteiger partial charge in [0.1, 0.15) is 0 Å². The predicted octanol–water partition coefficient (Wildman–Crippen LogP) is 6.50. The monoisotopic (exact) mass is 420 g/mol. The molecule has 0 saturated heterocycles. The molecule has 1 amide bonds. The molecule has 0 atom stereocenters. The lowest BCUT2D eigenvalue weighted by Gasteiger charge is -2.10. The zero-order valence-corrected chi connectivity index (χ0v) is 16.5. The maximum absolute atomic E-state index is 13.0. The number of carbonyl (C=O) groups excluding carboxylic acids is 1. The number of halogens is 3. The van der Waals surface area contributed by atoms with Gasteiger partial charge in [0.15, 0.2) is 0 Å². The molecule has 1 heterocycles. The molecule has 0 aliphatic carbocycles. The molecular weight excluding hydrogens is 401 g/mol. The number of nitrogens with one attached hydrogen (secondary N) is 1. The Morgan fingerprint density at radius 1 is 0.968 bits per heavy atom. The van der Waals surface area contributed by atoms with Crippen molar-refractivity contribution in [1.82, 2.24) is 4.57 Å². The van der Waals surface area contributed by atoms with Gasteiger partial charge in [0.25, 0.3) is 0 Å². The average Bonchev–Trinajstić information content (AvgIpc) is 3.15. The van der Waals surface area contributed by atoms with E-state index in [4.69, 9.17) is 0 Å². The van der Waals surface area contributed by atoms with Crippen LogP contribution in [0.15, 0.2) is 91.6 Å². The third kappa shape index (κ3) is 4.53. The van der Waals surface area contributed by atoms with E-state index >= 15 is 0 Å². The van der Waals surface area contributed by atoms with Gasteiger partial charge in [-0.05, 0) is 59.2 Å². The number of carbonyl (C=O) groups is 1. The number of amides is 1. The Hall–Kier alpha value is -3.80. The molecule has 0 radical (unpaired) electrons. The number of nitrogens with zero attached hydrogens (tertiary/aromatic N) is 1. The van der Waals surface area contributed by atoms with Crippen molar-refractivity contribution in [2.45, 2.75) is 12.7 Å². The summed E-state index contributed by atoms with van der Waals surface area (Å²) in [6, 6.07) is 20.5. The predicted molar refractivity (Wildman–Crippen MR) is 117 cm³/mol.